The Morgan fingerprint density at radius 3 is 2.45 bits per heavy atom. The number of hydrogen-bond donors (Lipinski definition) is 2. The van der Waals surface area contributed by atoms with Gasteiger partial charge in [0.1, 0.15) is 24.2 Å². The van der Waals surface area contributed by atoms with Crippen molar-refractivity contribution in [3.8, 4) is 0 Å². The summed E-state index contributed by atoms with van der Waals surface area (Å²) in [5.41, 5.74) is -0.724. The van der Waals surface area contributed by atoms with E-state index in [9.17, 15) is 47.1 Å². The number of anilines is 1. The van der Waals surface area contributed by atoms with Crippen LogP contribution in [0, 0.1) is 10.1 Å². The zero-order valence-corrected chi connectivity index (χ0v) is 26.8. The van der Waals surface area contributed by atoms with Crippen LogP contribution in [0.5, 0.6) is 0 Å². The van der Waals surface area contributed by atoms with E-state index in [1.807, 2.05) is 5.32 Å². The second-order valence-corrected chi connectivity index (χ2v) is 10.4. The summed E-state index contributed by atoms with van der Waals surface area (Å²) in [6.45, 7) is -1.15. The van der Waals surface area contributed by atoms with Crippen LogP contribution in [0.15, 0.2) is 34.8 Å². The molecule has 44 heavy (non-hydrogen) atoms. The van der Waals surface area contributed by atoms with Crippen LogP contribution in [0.3, 0.4) is 0 Å². The first kappa shape index (κ1) is 36.5. The van der Waals surface area contributed by atoms with E-state index in [0.717, 1.165) is 18.4 Å². The molecule has 2 aromatic rings. The molecule has 1 aromatic carbocycles. The number of benzene rings is 1. The summed E-state index contributed by atoms with van der Waals surface area (Å²) < 4.78 is 43.3. The van der Waals surface area contributed by atoms with Gasteiger partial charge >= 0.3 is 41.5 Å². The number of ether oxygens (including phenoxy) is 2. The largest absolute Gasteiger partial charge is 1.00 e. The minimum Gasteiger partial charge on any atom is -0.731 e. The number of nitrogens with zero attached hydrogens (tertiary/aromatic N) is 4. The van der Waals surface area contributed by atoms with Gasteiger partial charge in [-0.05, 0) is 17.7 Å². The Balaban J connectivity index is 0.00000675. The SMILES string of the molecule is COC(=O)C1C(NC(=O)C(=NOCC(=O)OCc2ccc([N+](=O)[O-])cc2)c2csc(NC(=O)CCl)n2)C(=O)N1S(=O)(=O)[O-].[Na+]. The first-order valence-electron chi connectivity index (χ1n) is 11.3. The number of rotatable bonds is 13. The number of thiazole rings is 1. The van der Waals surface area contributed by atoms with Crippen molar-refractivity contribution in [2.24, 2.45) is 5.16 Å². The maximum Gasteiger partial charge on any atom is 1.00 e. The van der Waals surface area contributed by atoms with Crippen LogP contribution in [0.4, 0.5) is 10.8 Å². The predicted molar refractivity (Wildman–Crippen MR) is 141 cm³/mol. The van der Waals surface area contributed by atoms with Gasteiger partial charge in [-0.3, -0.25) is 24.5 Å². The van der Waals surface area contributed by atoms with Crippen LogP contribution in [-0.2, 0) is 55.2 Å². The molecule has 1 aromatic heterocycles. The average Bonchev–Trinajstić information content (AvgIpc) is 3.42. The zero-order valence-electron chi connectivity index (χ0n) is 22.5. The molecule has 23 heteroatoms. The summed E-state index contributed by atoms with van der Waals surface area (Å²) in [6, 6.07) is 1.24. The summed E-state index contributed by atoms with van der Waals surface area (Å²) in [6.07, 6.45) is 0. The topological polar surface area (TPSA) is 266 Å². The second kappa shape index (κ2) is 15.8. The van der Waals surface area contributed by atoms with Crippen molar-refractivity contribution in [2.75, 3.05) is 24.9 Å². The van der Waals surface area contributed by atoms with Crippen molar-refractivity contribution in [1.29, 1.82) is 0 Å². The Hall–Kier alpha value is -3.73. The van der Waals surface area contributed by atoms with Crippen molar-refractivity contribution in [3.63, 3.8) is 0 Å². The summed E-state index contributed by atoms with van der Waals surface area (Å²) in [5.74, 6) is -6.07. The van der Waals surface area contributed by atoms with Gasteiger partial charge in [-0.2, -0.15) is 0 Å². The molecule has 0 spiro atoms. The Kier molecular flexibility index (Phi) is 13.1. The number of β-lactam (4-membered cyclic amide) rings is 1. The fourth-order valence-electron chi connectivity index (χ4n) is 3.28. The minimum atomic E-state index is -5.44. The monoisotopic (exact) mass is 684 g/mol. The van der Waals surface area contributed by atoms with E-state index in [4.69, 9.17) is 21.2 Å². The van der Waals surface area contributed by atoms with E-state index in [1.165, 1.54) is 29.6 Å². The molecule has 1 aliphatic rings. The second-order valence-electron chi connectivity index (χ2n) is 8.03. The van der Waals surface area contributed by atoms with Crippen LogP contribution in [0.1, 0.15) is 11.3 Å². The molecule has 2 heterocycles. The van der Waals surface area contributed by atoms with Crippen LogP contribution in [0.25, 0.3) is 0 Å². The quantitative estimate of drug-likeness (QED) is 0.0298. The molecule has 0 radical (unpaired) electrons. The zero-order chi connectivity index (χ0) is 31.9. The maximum atomic E-state index is 13.1. The van der Waals surface area contributed by atoms with Crippen LogP contribution >= 0.6 is 22.9 Å². The molecule has 0 saturated carbocycles. The Bertz CT molecular complexity index is 1580. The van der Waals surface area contributed by atoms with Crippen molar-refractivity contribution in [1.82, 2.24) is 14.6 Å². The van der Waals surface area contributed by atoms with Gasteiger partial charge in [-0.25, -0.2) is 27.3 Å². The maximum absolute atomic E-state index is 13.1. The molecule has 2 N–H and O–H groups in total. The van der Waals surface area contributed by atoms with E-state index in [0.29, 0.717) is 5.56 Å². The smallest absolute Gasteiger partial charge is 0.731 e. The Morgan fingerprint density at radius 1 is 1.23 bits per heavy atom. The summed E-state index contributed by atoms with van der Waals surface area (Å²) >= 11 is 6.26. The summed E-state index contributed by atoms with van der Waals surface area (Å²) in [4.78, 5) is 80.1. The number of carbonyl (C=O) groups is 5. The van der Waals surface area contributed by atoms with E-state index in [1.54, 1.807) is 0 Å². The molecule has 19 nitrogen and oxygen atoms in total. The molecule has 2 unspecified atom stereocenters. The molecule has 3 rings (SSSR count). The molecule has 230 valence electrons. The van der Waals surface area contributed by atoms with Crippen molar-refractivity contribution >= 4 is 79.4 Å². The molecule has 1 saturated heterocycles. The number of halogens is 1. The fourth-order valence-corrected chi connectivity index (χ4v) is 4.88. The van der Waals surface area contributed by atoms with Crippen molar-refractivity contribution < 1.29 is 85.7 Å². The van der Waals surface area contributed by atoms with Crippen LogP contribution < -0.4 is 40.2 Å². The normalized spacial score (nSPS) is 16.1. The molecule has 3 amide bonds. The number of esters is 2. The Morgan fingerprint density at radius 2 is 1.89 bits per heavy atom. The number of nitro benzene ring substituents is 1. The number of nitrogens with one attached hydrogen (secondary N) is 2. The van der Waals surface area contributed by atoms with E-state index >= 15 is 0 Å². The predicted octanol–water partition coefficient (Wildman–Crippen LogP) is -3.97. The summed E-state index contributed by atoms with van der Waals surface area (Å²) in [5, 5.41) is 19.8. The number of alkyl halides is 1. The number of methoxy groups -OCH3 is 1. The Labute approximate surface area is 278 Å². The number of amides is 3. The van der Waals surface area contributed by atoms with Gasteiger partial charge in [0.05, 0.1) is 12.0 Å². The van der Waals surface area contributed by atoms with Crippen LogP contribution in [-0.4, -0.2) is 94.2 Å². The number of hydrogen-bond acceptors (Lipinski definition) is 16. The molecular weight excluding hydrogens is 667 g/mol. The first-order chi connectivity index (χ1) is 20.3. The molecule has 1 fully saturated rings. The fraction of sp³-hybridized carbons (Fsp3) is 0.286. The number of carbonyl (C=O) groups excluding carboxylic acids is 5. The molecule has 1 aliphatic heterocycles. The van der Waals surface area contributed by atoms with Gasteiger partial charge in [-0.15, -0.1) is 22.9 Å². The van der Waals surface area contributed by atoms with Gasteiger partial charge in [0, 0.05) is 17.5 Å². The van der Waals surface area contributed by atoms with E-state index in [2.05, 4.69) is 20.2 Å². The minimum absolute atomic E-state index is 0. The average molecular weight is 685 g/mol. The van der Waals surface area contributed by atoms with E-state index in [-0.39, 0.29) is 57.0 Å². The number of non-ortho nitro benzene ring substituents is 1. The summed E-state index contributed by atoms with van der Waals surface area (Å²) in [7, 11) is -4.59. The van der Waals surface area contributed by atoms with Gasteiger partial charge in [0.15, 0.2) is 27.2 Å². The number of aromatic nitrogens is 1. The van der Waals surface area contributed by atoms with Gasteiger partial charge in [-0.1, -0.05) is 5.16 Å². The third kappa shape index (κ3) is 9.14. The molecule has 0 bridgehead atoms. The van der Waals surface area contributed by atoms with Gasteiger partial charge in [0.25, 0.3) is 17.5 Å². The molecule has 2 atom stereocenters. The van der Waals surface area contributed by atoms with Gasteiger partial charge in [0.2, 0.25) is 12.5 Å². The third-order valence-corrected chi connectivity index (χ3v) is 7.13. The van der Waals surface area contributed by atoms with E-state index < -0.39 is 75.2 Å². The molecule has 0 aliphatic carbocycles. The number of oxime groups is 1. The van der Waals surface area contributed by atoms with Crippen molar-refractivity contribution in [3.05, 3.63) is 51.0 Å². The third-order valence-electron chi connectivity index (χ3n) is 5.24. The molecular formula is C21H18ClN6NaO13S2. The standard InChI is InChI=1S/C21H19ClN6O13S2.Na/c1-39-20(33)17-16(19(32)27(17)43(36,37)38)25-18(31)15(12-9-42-21(23-12)24-13(29)6-22)26-41-8-14(30)40-7-10-2-4-11(5-3-10)28(34)35;/h2-5,9,16-17H,6-8H2,1H3,(H,25,31)(H,23,24,29)(H,36,37,38);/q;+1/p-1. The van der Waals surface area contributed by atoms with Crippen molar-refractivity contribution in [2.45, 2.75) is 18.7 Å². The van der Waals surface area contributed by atoms with Gasteiger partial charge < -0.3 is 29.5 Å². The van der Waals surface area contributed by atoms with Crippen LogP contribution in [0.2, 0.25) is 0 Å². The first-order valence-corrected chi connectivity index (χ1v) is 14.1. The number of nitro groups is 1.